The van der Waals surface area contributed by atoms with Gasteiger partial charge >= 0.3 is 6.18 Å². The van der Waals surface area contributed by atoms with Crippen LogP contribution in [0.4, 0.5) is 13.2 Å². The summed E-state index contributed by atoms with van der Waals surface area (Å²) in [7, 11) is 0. The van der Waals surface area contributed by atoms with Gasteiger partial charge in [0, 0.05) is 31.7 Å². The van der Waals surface area contributed by atoms with E-state index in [4.69, 9.17) is 4.74 Å². The number of carbonyl (C=O) groups excluding carboxylic acids is 2. The zero-order chi connectivity index (χ0) is 18.7. The Morgan fingerprint density at radius 1 is 1.08 bits per heavy atom. The zero-order valence-electron chi connectivity index (χ0n) is 14.3. The van der Waals surface area contributed by atoms with Crippen LogP contribution < -0.4 is 0 Å². The van der Waals surface area contributed by atoms with Crippen LogP contribution in [-0.4, -0.2) is 61.0 Å². The number of hydrogen-bond acceptors (Lipinski definition) is 3. The monoisotopic (exact) mass is 370 g/mol. The van der Waals surface area contributed by atoms with E-state index in [2.05, 4.69) is 0 Å². The second-order valence-corrected chi connectivity index (χ2v) is 6.61. The van der Waals surface area contributed by atoms with Gasteiger partial charge in [-0.15, -0.1) is 0 Å². The normalized spacial score (nSPS) is 21.6. The van der Waals surface area contributed by atoms with Crippen molar-refractivity contribution in [3.8, 4) is 0 Å². The molecule has 2 saturated heterocycles. The number of benzene rings is 1. The van der Waals surface area contributed by atoms with E-state index in [1.165, 1.54) is 17.0 Å². The maximum absolute atomic E-state index is 12.9. The molecule has 0 N–H and O–H groups in total. The van der Waals surface area contributed by atoms with Crippen molar-refractivity contribution in [3.05, 3.63) is 35.4 Å². The summed E-state index contributed by atoms with van der Waals surface area (Å²) in [6, 6.07) is 4.43. The number of alkyl halides is 3. The lowest BCUT2D eigenvalue weighted by Crippen LogP contribution is -2.49. The van der Waals surface area contributed by atoms with E-state index >= 15 is 0 Å². The van der Waals surface area contributed by atoms with Gasteiger partial charge in [0.25, 0.3) is 5.91 Å². The zero-order valence-corrected chi connectivity index (χ0v) is 14.3. The lowest BCUT2D eigenvalue weighted by atomic mass is 9.95. The van der Waals surface area contributed by atoms with Crippen molar-refractivity contribution in [3.63, 3.8) is 0 Å². The number of carbonyl (C=O) groups is 2. The predicted molar refractivity (Wildman–Crippen MR) is 87.5 cm³/mol. The average Bonchev–Trinajstić information content (AvgIpc) is 2.67. The Morgan fingerprint density at radius 2 is 1.81 bits per heavy atom. The lowest BCUT2D eigenvalue weighted by molar-refractivity contribution is -0.141. The molecule has 1 unspecified atom stereocenters. The summed E-state index contributed by atoms with van der Waals surface area (Å²) in [6.45, 7) is 2.78. The van der Waals surface area contributed by atoms with Gasteiger partial charge in [0.1, 0.15) is 0 Å². The third-order valence-corrected chi connectivity index (χ3v) is 4.82. The molecule has 2 heterocycles. The summed E-state index contributed by atoms with van der Waals surface area (Å²) in [5.41, 5.74) is -0.847. The van der Waals surface area contributed by atoms with Crippen LogP contribution in [-0.2, 0) is 15.7 Å². The van der Waals surface area contributed by atoms with Crippen LogP contribution in [0.2, 0.25) is 0 Å². The molecule has 142 valence electrons. The van der Waals surface area contributed by atoms with E-state index in [1.54, 1.807) is 4.90 Å². The first kappa shape index (κ1) is 18.7. The lowest BCUT2D eigenvalue weighted by Gasteiger charge is -2.36. The Kier molecular flexibility index (Phi) is 5.50. The summed E-state index contributed by atoms with van der Waals surface area (Å²) >= 11 is 0. The Labute approximate surface area is 149 Å². The fourth-order valence-corrected chi connectivity index (χ4v) is 3.42. The van der Waals surface area contributed by atoms with Gasteiger partial charge in [-0.3, -0.25) is 9.59 Å². The maximum atomic E-state index is 12.9. The van der Waals surface area contributed by atoms with Crippen molar-refractivity contribution in [2.24, 2.45) is 5.92 Å². The Hall–Kier alpha value is -2.09. The molecule has 3 rings (SSSR count). The molecule has 0 bridgehead atoms. The molecular weight excluding hydrogens is 349 g/mol. The van der Waals surface area contributed by atoms with Gasteiger partial charge in [-0.2, -0.15) is 13.2 Å². The molecule has 8 heteroatoms. The van der Waals surface area contributed by atoms with E-state index in [1.807, 2.05) is 0 Å². The molecule has 26 heavy (non-hydrogen) atoms. The van der Waals surface area contributed by atoms with Crippen molar-refractivity contribution >= 4 is 11.8 Å². The largest absolute Gasteiger partial charge is 0.416 e. The van der Waals surface area contributed by atoms with Crippen molar-refractivity contribution < 1.29 is 27.5 Å². The second kappa shape index (κ2) is 7.65. The molecule has 2 amide bonds. The summed E-state index contributed by atoms with van der Waals surface area (Å²) in [5, 5.41) is 0. The summed E-state index contributed by atoms with van der Waals surface area (Å²) in [6.07, 6.45) is -3.15. The number of piperidine rings is 1. The number of halogens is 3. The van der Waals surface area contributed by atoms with Gasteiger partial charge < -0.3 is 14.5 Å². The Balaban J connectivity index is 1.69. The SMILES string of the molecule is O=C(c1cccc(C(F)(F)F)c1)N1CCCC(C(=O)N2CCOCC2)C1. The van der Waals surface area contributed by atoms with Crippen molar-refractivity contribution in [2.45, 2.75) is 19.0 Å². The summed E-state index contributed by atoms with van der Waals surface area (Å²) < 4.78 is 43.8. The van der Waals surface area contributed by atoms with Crippen LogP contribution in [0.1, 0.15) is 28.8 Å². The van der Waals surface area contributed by atoms with Crippen molar-refractivity contribution in [2.75, 3.05) is 39.4 Å². The quantitative estimate of drug-likeness (QED) is 0.803. The smallest absolute Gasteiger partial charge is 0.378 e. The predicted octanol–water partition coefficient (Wildman–Crippen LogP) is 2.42. The average molecular weight is 370 g/mol. The third-order valence-electron chi connectivity index (χ3n) is 4.82. The molecule has 2 aliphatic rings. The first-order chi connectivity index (χ1) is 12.4. The highest BCUT2D eigenvalue weighted by molar-refractivity contribution is 5.95. The van der Waals surface area contributed by atoms with Crippen LogP contribution in [0.3, 0.4) is 0 Å². The molecule has 0 saturated carbocycles. The minimum Gasteiger partial charge on any atom is -0.378 e. The molecule has 0 radical (unpaired) electrons. The van der Waals surface area contributed by atoms with Crippen molar-refractivity contribution in [1.29, 1.82) is 0 Å². The topological polar surface area (TPSA) is 49.9 Å². The number of hydrogen-bond donors (Lipinski definition) is 0. The minimum atomic E-state index is -4.49. The highest BCUT2D eigenvalue weighted by Crippen LogP contribution is 2.30. The molecule has 0 aliphatic carbocycles. The number of morpholine rings is 1. The molecule has 0 spiro atoms. The van der Waals surface area contributed by atoms with E-state index in [9.17, 15) is 22.8 Å². The summed E-state index contributed by atoms with van der Waals surface area (Å²) in [5.74, 6) is -0.776. The molecule has 0 aromatic heterocycles. The summed E-state index contributed by atoms with van der Waals surface area (Å²) in [4.78, 5) is 28.5. The molecular formula is C18H21F3N2O3. The van der Waals surface area contributed by atoms with Gasteiger partial charge in [-0.1, -0.05) is 6.07 Å². The van der Waals surface area contributed by atoms with Gasteiger partial charge in [0.2, 0.25) is 5.91 Å². The minimum absolute atomic E-state index is 0.000651. The number of ether oxygens (including phenoxy) is 1. The second-order valence-electron chi connectivity index (χ2n) is 6.61. The van der Waals surface area contributed by atoms with Gasteiger partial charge in [0.15, 0.2) is 0 Å². The van der Waals surface area contributed by atoms with Gasteiger partial charge in [0.05, 0.1) is 24.7 Å². The Bertz CT molecular complexity index is 672. The van der Waals surface area contributed by atoms with Gasteiger partial charge in [-0.25, -0.2) is 0 Å². The van der Waals surface area contributed by atoms with E-state index < -0.39 is 17.6 Å². The highest BCUT2D eigenvalue weighted by Gasteiger charge is 2.34. The van der Waals surface area contributed by atoms with Crippen LogP contribution in [0.25, 0.3) is 0 Å². The molecule has 1 atom stereocenters. The fourth-order valence-electron chi connectivity index (χ4n) is 3.42. The number of amides is 2. The molecule has 1 aromatic carbocycles. The molecule has 1 aromatic rings. The van der Waals surface area contributed by atoms with Crippen molar-refractivity contribution in [1.82, 2.24) is 9.80 Å². The number of likely N-dealkylation sites (tertiary alicyclic amines) is 1. The number of rotatable bonds is 2. The third kappa shape index (κ3) is 4.17. The maximum Gasteiger partial charge on any atom is 0.416 e. The number of nitrogens with zero attached hydrogens (tertiary/aromatic N) is 2. The molecule has 2 aliphatic heterocycles. The van der Waals surface area contributed by atoms with Gasteiger partial charge in [-0.05, 0) is 31.0 Å². The standard InChI is InChI=1S/C18H21F3N2O3/c19-18(20,21)15-5-1-3-13(11-15)16(24)23-6-2-4-14(12-23)17(25)22-7-9-26-10-8-22/h1,3,5,11,14H,2,4,6-10,12H2. The van der Waals surface area contributed by atoms with Crippen LogP contribution in [0, 0.1) is 5.92 Å². The fraction of sp³-hybridized carbons (Fsp3) is 0.556. The molecule has 2 fully saturated rings. The molecule has 5 nitrogen and oxygen atoms in total. The van der Waals surface area contributed by atoms with Crippen LogP contribution in [0.5, 0.6) is 0 Å². The highest BCUT2D eigenvalue weighted by atomic mass is 19.4. The van der Waals surface area contributed by atoms with Crippen LogP contribution >= 0.6 is 0 Å². The van der Waals surface area contributed by atoms with Crippen LogP contribution in [0.15, 0.2) is 24.3 Å². The Morgan fingerprint density at radius 3 is 2.50 bits per heavy atom. The first-order valence-electron chi connectivity index (χ1n) is 8.69. The van der Waals surface area contributed by atoms with E-state index in [0.717, 1.165) is 12.1 Å². The van der Waals surface area contributed by atoms with E-state index in [-0.39, 0.29) is 23.9 Å². The first-order valence-corrected chi connectivity index (χ1v) is 8.69. The van der Waals surface area contributed by atoms with E-state index in [0.29, 0.717) is 45.7 Å².